The van der Waals surface area contributed by atoms with Crippen LogP contribution in [0, 0.1) is 12.8 Å². The number of nitrogens with zero attached hydrogens (tertiary/aromatic N) is 4. The zero-order chi connectivity index (χ0) is 27.3. The van der Waals surface area contributed by atoms with Crippen molar-refractivity contribution in [2.75, 3.05) is 19.8 Å². The maximum atomic E-state index is 11.9. The van der Waals surface area contributed by atoms with Crippen LogP contribution in [0.2, 0.25) is 0 Å². The molecule has 2 aromatic heterocycles. The molecule has 1 saturated carbocycles. The number of piperidine rings is 1. The van der Waals surface area contributed by atoms with Crippen LogP contribution in [0.4, 0.5) is 0 Å². The van der Waals surface area contributed by atoms with Gasteiger partial charge in [-0.3, -0.25) is 9.88 Å². The van der Waals surface area contributed by atoms with E-state index in [1.165, 1.54) is 37.5 Å². The van der Waals surface area contributed by atoms with E-state index in [-0.39, 0.29) is 0 Å². The predicted octanol–water partition coefficient (Wildman–Crippen LogP) is 4.98. The fourth-order valence-electron chi connectivity index (χ4n) is 6.09. The van der Waals surface area contributed by atoms with E-state index in [0.717, 1.165) is 58.4 Å². The van der Waals surface area contributed by atoms with Crippen molar-refractivity contribution in [2.45, 2.75) is 56.1 Å². The number of rotatable bonds is 7. The highest BCUT2D eigenvalue weighted by Gasteiger charge is 2.38. The van der Waals surface area contributed by atoms with E-state index in [9.17, 15) is 8.42 Å². The lowest BCUT2D eigenvalue weighted by Gasteiger charge is -2.40. The number of aromatic nitrogens is 3. The van der Waals surface area contributed by atoms with Crippen LogP contribution in [0.5, 0.6) is 0 Å². The Morgan fingerprint density at radius 3 is 2.31 bits per heavy atom. The van der Waals surface area contributed by atoms with Gasteiger partial charge in [-0.25, -0.2) is 13.4 Å². The van der Waals surface area contributed by atoms with Crippen molar-refractivity contribution in [2.24, 2.45) is 13.0 Å². The van der Waals surface area contributed by atoms with Crippen LogP contribution >= 0.6 is 0 Å². The van der Waals surface area contributed by atoms with Gasteiger partial charge in [0.1, 0.15) is 11.3 Å². The van der Waals surface area contributed by atoms with Gasteiger partial charge in [0, 0.05) is 49.6 Å². The smallest absolute Gasteiger partial charge is 0.175 e. The van der Waals surface area contributed by atoms with E-state index in [4.69, 9.17) is 9.97 Å². The Labute approximate surface area is 231 Å². The number of pyridine rings is 1. The molecule has 39 heavy (non-hydrogen) atoms. The van der Waals surface area contributed by atoms with Gasteiger partial charge in [0.15, 0.2) is 9.84 Å². The average molecular weight is 544 g/mol. The number of hydrogen-bond acceptors (Lipinski definition) is 6. The molecular formula is C31H37N5O2S. The predicted molar refractivity (Wildman–Crippen MR) is 156 cm³/mol. The molecule has 1 saturated heterocycles. The second kappa shape index (κ2) is 10.2. The second-order valence-corrected chi connectivity index (χ2v) is 13.3. The van der Waals surface area contributed by atoms with Crippen molar-refractivity contribution in [3.63, 3.8) is 0 Å². The zero-order valence-corrected chi connectivity index (χ0v) is 24.0. The summed E-state index contributed by atoms with van der Waals surface area (Å²) in [4.78, 5) is 12.8. The zero-order valence-electron chi connectivity index (χ0n) is 23.2. The molecule has 2 fully saturated rings. The van der Waals surface area contributed by atoms with Crippen LogP contribution in [0.1, 0.15) is 36.9 Å². The SMILES string of the molecule is CNC1CCN(Cc2ccc(-c3cc4c(nc(-c5ccc(S(C)(=O)=O)cc5)n4C)c(C)n3)cc2)C(C2CC2)C1. The van der Waals surface area contributed by atoms with E-state index in [1.54, 1.807) is 12.1 Å². The number of imidazole rings is 1. The molecular weight excluding hydrogens is 506 g/mol. The summed E-state index contributed by atoms with van der Waals surface area (Å²) in [5, 5.41) is 3.50. The van der Waals surface area contributed by atoms with Crippen LogP contribution in [-0.4, -0.2) is 59.8 Å². The summed E-state index contributed by atoms with van der Waals surface area (Å²) < 4.78 is 25.8. The molecule has 0 spiro atoms. The van der Waals surface area contributed by atoms with E-state index >= 15 is 0 Å². The van der Waals surface area contributed by atoms with Crippen molar-refractivity contribution in [1.29, 1.82) is 0 Å². The Morgan fingerprint density at radius 1 is 0.974 bits per heavy atom. The van der Waals surface area contributed by atoms with Crippen molar-refractivity contribution in [1.82, 2.24) is 24.8 Å². The van der Waals surface area contributed by atoms with Crippen LogP contribution in [-0.2, 0) is 23.4 Å². The van der Waals surface area contributed by atoms with Crippen LogP contribution in [0.15, 0.2) is 59.5 Å². The van der Waals surface area contributed by atoms with Crippen molar-refractivity contribution < 1.29 is 8.42 Å². The minimum atomic E-state index is -3.24. The summed E-state index contributed by atoms with van der Waals surface area (Å²) in [6.07, 6.45) is 6.46. The number of fused-ring (bicyclic) bond motifs is 1. The molecule has 1 N–H and O–H groups in total. The number of sulfone groups is 1. The van der Waals surface area contributed by atoms with Gasteiger partial charge in [-0.05, 0) is 81.5 Å². The quantitative estimate of drug-likeness (QED) is 0.354. The van der Waals surface area contributed by atoms with E-state index in [2.05, 4.69) is 52.2 Å². The summed E-state index contributed by atoms with van der Waals surface area (Å²) in [6.45, 7) is 4.16. The van der Waals surface area contributed by atoms with Crippen molar-refractivity contribution in [3.8, 4) is 22.6 Å². The fourth-order valence-corrected chi connectivity index (χ4v) is 6.72. The topological polar surface area (TPSA) is 80.1 Å². The van der Waals surface area contributed by atoms with Gasteiger partial charge in [0.05, 0.1) is 21.8 Å². The Bertz CT molecular complexity index is 1610. The first-order chi connectivity index (χ1) is 18.7. The number of benzene rings is 2. The van der Waals surface area contributed by atoms with Crippen LogP contribution < -0.4 is 5.32 Å². The summed E-state index contributed by atoms with van der Waals surface area (Å²) in [5.74, 6) is 1.66. The maximum Gasteiger partial charge on any atom is 0.175 e. The third-order valence-corrected chi connectivity index (χ3v) is 9.68. The largest absolute Gasteiger partial charge is 0.327 e. The Hall–Kier alpha value is -3.07. The van der Waals surface area contributed by atoms with Gasteiger partial charge in [-0.1, -0.05) is 24.3 Å². The standard InChI is InChI=1S/C31H37N5O2S/c1-20-30-29(35(3)31(34-30)24-11-13-26(14-12-24)39(4,37)38)18-27(33-20)22-7-5-21(6-8-22)19-36-16-15-25(32-2)17-28(36)23-9-10-23/h5-8,11-14,18,23,25,28,32H,9-10,15-17,19H2,1-4H3. The molecule has 8 heteroatoms. The molecule has 3 heterocycles. The van der Waals surface area contributed by atoms with Gasteiger partial charge >= 0.3 is 0 Å². The summed E-state index contributed by atoms with van der Waals surface area (Å²) in [5.41, 5.74) is 6.98. The summed E-state index contributed by atoms with van der Waals surface area (Å²) >= 11 is 0. The van der Waals surface area contributed by atoms with Gasteiger partial charge in [0.2, 0.25) is 0 Å². The van der Waals surface area contributed by atoms with E-state index in [0.29, 0.717) is 17.0 Å². The second-order valence-electron chi connectivity index (χ2n) is 11.3. The molecule has 6 rings (SSSR count). The molecule has 1 aliphatic heterocycles. The third-order valence-electron chi connectivity index (χ3n) is 8.55. The number of likely N-dealkylation sites (tertiary alicyclic amines) is 1. The molecule has 4 aromatic rings. The minimum Gasteiger partial charge on any atom is -0.327 e. The van der Waals surface area contributed by atoms with Gasteiger partial charge < -0.3 is 9.88 Å². The maximum absolute atomic E-state index is 11.9. The van der Waals surface area contributed by atoms with Gasteiger partial charge in [-0.2, -0.15) is 0 Å². The van der Waals surface area contributed by atoms with Gasteiger partial charge in [0.25, 0.3) is 0 Å². The molecule has 7 nitrogen and oxygen atoms in total. The highest BCUT2D eigenvalue weighted by molar-refractivity contribution is 7.90. The molecule has 204 valence electrons. The summed E-state index contributed by atoms with van der Waals surface area (Å²) in [6, 6.07) is 19.2. The Kier molecular flexibility index (Phi) is 6.81. The summed E-state index contributed by atoms with van der Waals surface area (Å²) in [7, 11) is 0.852. The molecule has 2 unspecified atom stereocenters. The highest BCUT2D eigenvalue weighted by Crippen LogP contribution is 2.40. The molecule has 0 bridgehead atoms. The number of nitrogens with one attached hydrogen (secondary N) is 1. The molecule has 2 aromatic carbocycles. The lowest BCUT2D eigenvalue weighted by Crippen LogP contribution is -2.48. The highest BCUT2D eigenvalue weighted by atomic mass is 32.2. The van der Waals surface area contributed by atoms with Crippen LogP contribution in [0.25, 0.3) is 33.7 Å². The van der Waals surface area contributed by atoms with E-state index < -0.39 is 9.84 Å². The minimum absolute atomic E-state index is 0.305. The molecule has 0 amide bonds. The first-order valence-corrected chi connectivity index (χ1v) is 15.8. The average Bonchev–Trinajstić information content (AvgIpc) is 3.72. The monoisotopic (exact) mass is 543 g/mol. The Balaban J connectivity index is 1.24. The van der Waals surface area contributed by atoms with Crippen molar-refractivity contribution >= 4 is 20.9 Å². The molecule has 0 radical (unpaired) electrons. The molecule has 2 aliphatic rings. The lowest BCUT2D eigenvalue weighted by molar-refractivity contribution is 0.104. The molecule has 2 atom stereocenters. The first kappa shape index (κ1) is 26.2. The fraction of sp³-hybridized carbons (Fsp3) is 0.419. The lowest BCUT2D eigenvalue weighted by atomic mass is 9.93. The molecule has 1 aliphatic carbocycles. The third kappa shape index (κ3) is 5.25. The van der Waals surface area contributed by atoms with Crippen molar-refractivity contribution in [3.05, 3.63) is 65.9 Å². The first-order valence-electron chi connectivity index (χ1n) is 13.9. The normalized spacial score (nSPS) is 20.5. The number of aryl methyl sites for hydroxylation is 2. The Morgan fingerprint density at radius 2 is 1.67 bits per heavy atom. The van der Waals surface area contributed by atoms with E-state index in [1.807, 2.05) is 26.1 Å². The van der Waals surface area contributed by atoms with Crippen LogP contribution in [0.3, 0.4) is 0 Å². The number of hydrogen-bond donors (Lipinski definition) is 1. The van der Waals surface area contributed by atoms with Gasteiger partial charge in [-0.15, -0.1) is 0 Å².